The van der Waals surface area contributed by atoms with Gasteiger partial charge in [0, 0.05) is 19.0 Å². The average molecular weight is 292 g/mol. The molecule has 0 bridgehead atoms. The molecular weight excluding hydrogens is 274 g/mol. The van der Waals surface area contributed by atoms with Crippen LogP contribution in [-0.2, 0) is 24.7 Å². The number of nitrogens with two attached hydrogens (primary N) is 1. The number of aromatic nitrogens is 2. The molecule has 2 aromatic rings. The van der Waals surface area contributed by atoms with Gasteiger partial charge in [-0.1, -0.05) is 41.9 Å². The smallest absolute Gasteiger partial charge is 0.154 e. The van der Waals surface area contributed by atoms with Gasteiger partial charge in [0.25, 0.3) is 0 Å². The molecule has 1 aromatic carbocycles. The number of nitrogens with zero attached hydrogens (tertiary/aromatic N) is 2. The van der Waals surface area contributed by atoms with Gasteiger partial charge in [0.15, 0.2) is 5.78 Å². The van der Waals surface area contributed by atoms with E-state index in [-0.39, 0.29) is 12.2 Å². The van der Waals surface area contributed by atoms with Gasteiger partial charge in [-0.3, -0.25) is 9.48 Å². The third-order valence-corrected chi connectivity index (χ3v) is 3.81. The molecule has 0 spiro atoms. The van der Waals surface area contributed by atoms with Gasteiger partial charge in [-0.25, -0.2) is 0 Å². The maximum Gasteiger partial charge on any atom is 0.154 e. The lowest BCUT2D eigenvalue weighted by Crippen LogP contribution is -2.34. The van der Waals surface area contributed by atoms with E-state index in [2.05, 4.69) is 5.10 Å². The number of rotatable bonds is 5. The van der Waals surface area contributed by atoms with Crippen LogP contribution in [0.4, 0.5) is 0 Å². The second kappa shape index (κ2) is 6.20. The number of carbonyl (C=O) groups is 1. The molecule has 0 radical (unpaired) electrons. The fraction of sp³-hybridized carbons (Fsp3) is 0.333. The van der Waals surface area contributed by atoms with E-state index in [1.54, 1.807) is 11.7 Å². The van der Waals surface area contributed by atoms with E-state index in [0.717, 1.165) is 16.8 Å². The van der Waals surface area contributed by atoms with Crippen molar-refractivity contribution in [3.8, 4) is 0 Å². The molecule has 2 N–H and O–H groups in total. The zero-order chi connectivity index (χ0) is 14.7. The Morgan fingerprint density at radius 2 is 2.05 bits per heavy atom. The first-order valence-corrected chi connectivity index (χ1v) is 6.87. The zero-order valence-electron chi connectivity index (χ0n) is 11.6. The van der Waals surface area contributed by atoms with Crippen molar-refractivity contribution in [2.45, 2.75) is 25.8 Å². The lowest BCUT2D eigenvalue weighted by atomic mass is 9.99. The highest BCUT2D eigenvalue weighted by atomic mass is 35.5. The van der Waals surface area contributed by atoms with Crippen molar-refractivity contribution in [3.63, 3.8) is 0 Å². The number of aryl methyl sites for hydroxylation is 2. The first kappa shape index (κ1) is 14.8. The van der Waals surface area contributed by atoms with E-state index in [9.17, 15) is 4.79 Å². The van der Waals surface area contributed by atoms with E-state index in [1.807, 2.05) is 37.3 Å². The largest absolute Gasteiger partial charge is 0.321 e. The van der Waals surface area contributed by atoms with Gasteiger partial charge in [-0.15, -0.1) is 0 Å². The summed E-state index contributed by atoms with van der Waals surface area (Å²) in [5.74, 6) is -0.0214. The van der Waals surface area contributed by atoms with Crippen LogP contribution in [0.15, 0.2) is 30.3 Å². The van der Waals surface area contributed by atoms with Crippen molar-refractivity contribution < 1.29 is 4.79 Å². The molecule has 20 heavy (non-hydrogen) atoms. The Morgan fingerprint density at radius 3 is 2.60 bits per heavy atom. The third-order valence-electron chi connectivity index (χ3n) is 3.33. The maximum absolute atomic E-state index is 12.2. The monoisotopic (exact) mass is 291 g/mol. The fourth-order valence-electron chi connectivity index (χ4n) is 2.16. The first-order chi connectivity index (χ1) is 9.49. The summed E-state index contributed by atoms with van der Waals surface area (Å²) in [6, 6.07) is 9.23. The van der Waals surface area contributed by atoms with E-state index >= 15 is 0 Å². The molecule has 0 amide bonds. The predicted molar refractivity (Wildman–Crippen MR) is 79.8 cm³/mol. The van der Waals surface area contributed by atoms with Crippen molar-refractivity contribution in [2.24, 2.45) is 12.8 Å². The Balaban J connectivity index is 2.04. The molecule has 4 nitrogen and oxygen atoms in total. The summed E-state index contributed by atoms with van der Waals surface area (Å²) < 4.78 is 1.57. The van der Waals surface area contributed by atoms with Crippen molar-refractivity contribution in [3.05, 3.63) is 52.3 Å². The van der Waals surface area contributed by atoms with E-state index < -0.39 is 6.04 Å². The van der Waals surface area contributed by atoms with E-state index in [4.69, 9.17) is 17.3 Å². The molecule has 1 unspecified atom stereocenters. The number of benzene rings is 1. The van der Waals surface area contributed by atoms with Crippen molar-refractivity contribution in [1.29, 1.82) is 0 Å². The third kappa shape index (κ3) is 3.26. The average Bonchev–Trinajstić information content (AvgIpc) is 2.66. The summed E-state index contributed by atoms with van der Waals surface area (Å²) in [6.07, 6.45) is 0.767. The molecule has 2 rings (SSSR count). The number of Topliss-reactive ketones (excluding diaryl/α,β-unsaturated/α-hetero) is 1. The van der Waals surface area contributed by atoms with Crippen LogP contribution in [0, 0.1) is 6.92 Å². The maximum atomic E-state index is 12.2. The molecule has 106 valence electrons. The highest BCUT2D eigenvalue weighted by Crippen LogP contribution is 2.20. The summed E-state index contributed by atoms with van der Waals surface area (Å²) in [5, 5.41) is 4.70. The minimum absolute atomic E-state index is 0.0214. The van der Waals surface area contributed by atoms with Crippen LogP contribution in [0.1, 0.15) is 16.8 Å². The summed E-state index contributed by atoms with van der Waals surface area (Å²) in [4.78, 5) is 12.2. The molecule has 5 heteroatoms. The summed E-state index contributed by atoms with van der Waals surface area (Å²) in [6.45, 7) is 1.84. The van der Waals surface area contributed by atoms with Crippen LogP contribution in [0.25, 0.3) is 0 Å². The minimum atomic E-state index is -0.520. The van der Waals surface area contributed by atoms with Crippen molar-refractivity contribution >= 4 is 17.4 Å². The SMILES string of the molecule is Cc1nn(C)c(Cl)c1CC(=O)C(N)Cc1ccccc1. The molecule has 0 aliphatic rings. The number of hydrogen-bond donors (Lipinski definition) is 1. The highest BCUT2D eigenvalue weighted by molar-refractivity contribution is 6.30. The van der Waals surface area contributed by atoms with Crippen molar-refractivity contribution in [2.75, 3.05) is 0 Å². The summed E-state index contributed by atoms with van der Waals surface area (Å²) in [7, 11) is 1.76. The predicted octanol–water partition coefficient (Wildman–Crippen LogP) is 2.06. The Bertz CT molecular complexity index is 607. The Labute approximate surface area is 123 Å². The fourth-order valence-corrected chi connectivity index (χ4v) is 2.40. The van der Waals surface area contributed by atoms with E-state index in [1.165, 1.54) is 0 Å². The molecule has 0 aliphatic carbocycles. The summed E-state index contributed by atoms with van der Waals surface area (Å²) >= 11 is 6.13. The molecule has 1 atom stereocenters. The number of hydrogen-bond acceptors (Lipinski definition) is 3. The number of ketones is 1. The Kier molecular flexibility index (Phi) is 4.57. The Morgan fingerprint density at radius 1 is 1.40 bits per heavy atom. The van der Waals surface area contributed by atoms with Gasteiger partial charge in [0.1, 0.15) is 5.15 Å². The number of carbonyl (C=O) groups excluding carboxylic acids is 1. The Hall–Kier alpha value is -1.65. The molecule has 1 aromatic heterocycles. The van der Waals surface area contributed by atoms with Gasteiger partial charge in [-0.2, -0.15) is 5.10 Å². The first-order valence-electron chi connectivity index (χ1n) is 6.49. The van der Waals surface area contributed by atoms with Gasteiger partial charge < -0.3 is 5.73 Å². The van der Waals surface area contributed by atoms with Gasteiger partial charge >= 0.3 is 0 Å². The standard InChI is InChI=1S/C15H18ClN3O/c1-10-12(15(16)19(2)18-10)9-14(20)13(17)8-11-6-4-3-5-7-11/h3-7,13H,8-9,17H2,1-2H3. The second-order valence-corrected chi connectivity index (χ2v) is 5.28. The van der Waals surface area contributed by atoms with Crippen LogP contribution in [-0.4, -0.2) is 21.6 Å². The number of halogens is 1. The lowest BCUT2D eigenvalue weighted by molar-refractivity contribution is -0.119. The molecule has 0 fully saturated rings. The normalized spacial score (nSPS) is 12.4. The molecular formula is C15H18ClN3O. The van der Waals surface area contributed by atoms with Crippen LogP contribution >= 0.6 is 11.6 Å². The van der Waals surface area contributed by atoms with Crippen LogP contribution in [0.5, 0.6) is 0 Å². The highest BCUT2D eigenvalue weighted by Gasteiger charge is 2.19. The lowest BCUT2D eigenvalue weighted by Gasteiger charge is -2.10. The second-order valence-electron chi connectivity index (χ2n) is 4.92. The molecule has 0 saturated heterocycles. The molecule has 1 heterocycles. The van der Waals surface area contributed by atoms with Gasteiger partial charge in [0.05, 0.1) is 11.7 Å². The van der Waals surface area contributed by atoms with Gasteiger partial charge in [0.2, 0.25) is 0 Å². The quantitative estimate of drug-likeness (QED) is 0.917. The van der Waals surface area contributed by atoms with Crippen LogP contribution in [0.2, 0.25) is 5.15 Å². The van der Waals surface area contributed by atoms with Crippen LogP contribution < -0.4 is 5.73 Å². The van der Waals surface area contributed by atoms with Gasteiger partial charge in [-0.05, 0) is 18.9 Å². The van der Waals surface area contributed by atoms with Crippen LogP contribution in [0.3, 0.4) is 0 Å². The van der Waals surface area contributed by atoms with Crippen molar-refractivity contribution in [1.82, 2.24) is 9.78 Å². The molecule has 0 aliphatic heterocycles. The summed E-state index contributed by atoms with van der Waals surface area (Å²) in [5.41, 5.74) is 8.58. The molecule has 0 saturated carbocycles. The topological polar surface area (TPSA) is 60.9 Å². The van der Waals surface area contributed by atoms with E-state index in [0.29, 0.717) is 11.6 Å². The minimum Gasteiger partial charge on any atom is -0.321 e. The zero-order valence-corrected chi connectivity index (χ0v) is 12.4.